The van der Waals surface area contributed by atoms with Gasteiger partial charge in [0.15, 0.2) is 0 Å². The molecule has 0 atom stereocenters. The van der Waals surface area contributed by atoms with E-state index in [-0.39, 0.29) is 23.9 Å². The van der Waals surface area contributed by atoms with Crippen molar-refractivity contribution in [1.29, 1.82) is 0 Å². The molecule has 1 saturated carbocycles. The first-order chi connectivity index (χ1) is 6.00. The highest BCUT2D eigenvalue weighted by Crippen LogP contribution is 2.34. The van der Waals surface area contributed by atoms with Crippen LogP contribution in [-0.2, 0) is 9.59 Å². The van der Waals surface area contributed by atoms with Crippen molar-refractivity contribution in [3.63, 3.8) is 0 Å². The molecule has 2 heteroatoms. The van der Waals surface area contributed by atoms with Gasteiger partial charge in [-0.2, -0.15) is 0 Å². The first kappa shape index (κ1) is 9.98. The Morgan fingerprint density at radius 1 is 1.46 bits per heavy atom. The Morgan fingerprint density at radius 2 is 1.92 bits per heavy atom. The van der Waals surface area contributed by atoms with Gasteiger partial charge in [0.2, 0.25) is 0 Å². The molecule has 0 spiro atoms. The first-order valence-corrected chi connectivity index (χ1v) is 4.50. The molecule has 0 aromatic heterocycles. The molecule has 0 radical (unpaired) electrons. The van der Waals surface area contributed by atoms with E-state index in [1.807, 2.05) is 6.92 Å². The minimum Gasteiger partial charge on any atom is -0.299 e. The summed E-state index contributed by atoms with van der Waals surface area (Å²) in [6, 6.07) is 0. The molecule has 0 aromatic rings. The van der Waals surface area contributed by atoms with E-state index in [0.717, 1.165) is 0 Å². The fourth-order valence-corrected chi connectivity index (χ4v) is 1.71. The van der Waals surface area contributed by atoms with Gasteiger partial charge in [-0.3, -0.25) is 9.59 Å². The highest BCUT2D eigenvalue weighted by Gasteiger charge is 2.43. The van der Waals surface area contributed by atoms with Crippen LogP contribution in [0.5, 0.6) is 0 Å². The van der Waals surface area contributed by atoms with Crippen LogP contribution in [0.2, 0.25) is 0 Å². The van der Waals surface area contributed by atoms with Crippen molar-refractivity contribution >= 4 is 11.6 Å². The molecular formula is C11H14O2. The van der Waals surface area contributed by atoms with Gasteiger partial charge in [-0.1, -0.05) is 6.92 Å². The van der Waals surface area contributed by atoms with Crippen molar-refractivity contribution < 1.29 is 9.59 Å². The van der Waals surface area contributed by atoms with Crippen molar-refractivity contribution in [3.05, 3.63) is 0 Å². The third-order valence-corrected chi connectivity index (χ3v) is 2.75. The summed E-state index contributed by atoms with van der Waals surface area (Å²) in [5.41, 5.74) is -0.888. The summed E-state index contributed by atoms with van der Waals surface area (Å²) in [6.07, 6.45) is 6.38. The summed E-state index contributed by atoms with van der Waals surface area (Å²) in [7, 11) is 0. The van der Waals surface area contributed by atoms with Gasteiger partial charge in [0.1, 0.15) is 11.6 Å². The fraction of sp³-hybridized carbons (Fsp3) is 0.636. The molecule has 0 unspecified atom stereocenters. The van der Waals surface area contributed by atoms with Crippen molar-refractivity contribution in [3.8, 4) is 12.3 Å². The zero-order valence-electron chi connectivity index (χ0n) is 8.09. The maximum atomic E-state index is 11.6. The van der Waals surface area contributed by atoms with E-state index in [0.29, 0.717) is 12.8 Å². The Morgan fingerprint density at radius 3 is 2.31 bits per heavy atom. The first-order valence-electron chi connectivity index (χ1n) is 4.50. The van der Waals surface area contributed by atoms with Crippen molar-refractivity contribution in [2.45, 2.75) is 33.1 Å². The van der Waals surface area contributed by atoms with Crippen molar-refractivity contribution in [2.24, 2.45) is 11.3 Å². The van der Waals surface area contributed by atoms with Gasteiger partial charge in [-0.25, -0.2) is 0 Å². The van der Waals surface area contributed by atoms with Crippen LogP contribution in [0.1, 0.15) is 33.1 Å². The van der Waals surface area contributed by atoms with E-state index in [1.165, 1.54) is 0 Å². The van der Waals surface area contributed by atoms with Gasteiger partial charge in [0.25, 0.3) is 0 Å². The summed E-state index contributed by atoms with van der Waals surface area (Å²) in [4.78, 5) is 23.2. The maximum Gasteiger partial charge on any atom is 0.147 e. The number of hydrogen-bond donors (Lipinski definition) is 0. The molecule has 1 aliphatic rings. The number of terminal acetylenes is 1. The number of hydrogen-bond acceptors (Lipinski definition) is 2. The Balaban J connectivity index is 2.91. The fourth-order valence-electron chi connectivity index (χ4n) is 1.71. The van der Waals surface area contributed by atoms with Crippen LogP contribution in [0, 0.1) is 23.7 Å². The number of carbonyl (C=O) groups is 2. The van der Waals surface area contributed by atoms with E-state index in [4.69, 9.17) is 6.42 Å². The second kappa shape index (κ2) is 3.33. The van der Waals surface area contributed by atoms with E-state index < -0.39 is 5.41 Å². The van der Waals surface area contributed by atoms with E-state index in [2.05, 4.69) is 5.92 Å². The third-order valence-electron chi connectivity index (χ3n) is 2.75. The summed E-state index contributed by atoms with van der Waals surface area (Å²) in [5, 5.41) is 0. The lowest BCUT2D eigenvalue weighted by Crippen LogP contribution is -2.42. The number of rotatable bonds is 1. The standard InChI is InChI=1S/C11H14O2/c1-4-5-11(3)9(12)6-8(2)7-10(11)13/h1,8H,5-7H2,2-3H3. The third kappa shape index (κ3) is 1.65. The smallest absolute Gasteiger partial charge is 0.147 e. The average Bonchev–Trinajstić information content (AvgIpc) is 2.01. The molecule has 2 nitrogen and oxygen atoms in total. The lowest BCUT2D eigenvalue weighted by Gasteiger charge is -2.31. The largest absolute Gasteiger partial charge is 0.299 e. The van der Waals surface area contributed by atoms with E-state index in [1.54, 1.807) is 6.92 Å². The van der Waals surface area contributed by atoms with Crippen LogP contribution in [0.3, 0.4) is 0 Å². The Kier molecular flexibility index (Phi) is 2.56. The quantitative estimate of drug-likeness (QED) is 0.451. The minimum absolute atomic E-state index is 0.00852. The van der Waals surface area contributed by atoms with Crippen LogP contribution in [0.15, 0.2) is 0 Å². The van der Waals surface area contributed by atoms with Gasteiger partial charge in [-0.15, -0.1) is 12.3 Å². The normalized spacial score (nSPS) is 34.4. The maximum absolute atomic E-state index is 11.6. The molecule has 1 rings (SSSR count). The second-order valence-electron chi connectivity index (χ2n) is 4.07. The predicted molar refractivity (Wildman–Crippen MR) is 50.0 cm³/mol. The number of carbonyl (C=O) groups excluding carboxylic acids is 2. The monoisotopic (exact) mass is 178 g/mol. The molecule has 0 aliphatic heterocycles. The molecule has 0 aromatic carbocycles. The summed E-state index contributed by atoms with van der Waals surface area (Å²) in [5.74, 6) is 2.61. The highest BCUT2D eigenvalue weighted by atomic mass is 16.2. The molecule has 0 saturated heterocycles. The summed E-state index contributed by atoms with van der Waals surface area (Å²) in [6.45, 7) is 3.59. The average molecular weight is 178 g/mol. The Hall–Kier alpha value is -1.10. The van der Waals surface area contributed by atoms with Crippen LogP contribution >= 0.6 is 0 Å². The molecule has 0 amide bonds. The molecule has 13 heavy (non-hydrogen) atoms. The Labute approximate surface area is 78.7 Å². The lowest BCUT2D eigenvalue weighted by molar-refractivity contribution is -0.144. The highest BCUT2D eigenvalue weighted by molar-refractivity contribution is 6.08. The van der Waals surface area contributed by atoms with Gasteiger partial charge in [0, 0.05) is 19.3 Å². The van der Waals surface area contributed by atoms with Crippen LogP contribution in [0.25, 0.3) is 0 Å². The molecular weight excluding hydrogens is 164 g/mol. The van der Waals surface area contributed by atoms with Gasteiger partial charge >= 0.3 is 0 Å². The molecule has 1 fully saturated rings. The molecule has 0 N–H and O–H groups in total. The zero-order valence-corrected chi connectivity index (χ0v) is 8.09. The molecule has 0 bridgehead atoms. The van der Waals surface area contributed by atoms with Crippen LogP contribution < -0.4 is 0 Å². The van der Waals surface area contributed by atoms with Gasteiger partial charge in [0.05, 0.1) is 5.41 Å². The topological polar surface area (TPSA) is 34.1 Å². The van der Waals surface area contributed by atoms with Crippen LogP contribution in [-0.4, -0.2) is 11.6 Å². The van der Waals surface area contributed by atoms with Crippen molar-refractivity contribution in [2.75, 3.05) is 0 Å². The van der Waals surface area contributed by atoms with E-state index >= 15 is 0 Å². The lowest BCUT2D eigenvalue weighted by atomic mass is 9.68. The van der Waals surface area contributed by atoms with Gasteiger partial charge in [-0.05, 0) is 12.8 Å². The SMILES string of the molecule is C#CCC1(C)C(=O)CC(C)CC1=O. The predicted octanol–water partition coefficient (Wildman–Crippen LogP) is 1.58. The minimum atomic E-state index is -0.888. The molecule has 1 aliphatic carbocycles. The van der Waals surface area contributed by atoms with Crippen LogP contribution in [0.4, 0.5) is 0 Å². The van der Waals surface area contributed by atoms with Crippen molar-refractivity contribution in [1.82, 2.24) is 0 Å². The second-order valence-corrected chi connectivity index (χ2v) is 4.07. The zero-order chi connectivity index (χ0) is 10.1. The number of Topliss-reactive ketones (excluding diaryl/α,β-unsaturated/α-hetero) is 2. The Bertz CT molecular complexity index is 265. The van der Waals surface area contributed by atoms with E-state index in [9.17, 15) is 9.59 Å². The van der Waals surface area contributed by atoms with Gasteiger partial charge < -0.3 is 0 Å². The summed E-state index contributed by atoms with van der Waals surface area (Å²) < 4.78 is 0. The molecule has 70 valence electrons. The summed E-state index contributed by atoms with van der Waals surface area (Å²) >= 11 is 0. The molecule has 0 heterocycles. The number of ketones is 2.